The number of rotatable bonds is 1. The molecular formula is C20H26O4. The van der Waals surface area contributed by atoms with Gasteiger partial charge in [-0.2, -0.15) is 0 Å². The standard InChI is InChI=1S/C20H26O4/c1-13-6-9-18-20(3,24-18)10-4-5-15(12-21)7-8-16-14(2)19(22)23-17(16)11-13/h5,11-12,17-18H,4,6-10H2,1-3H3/t17-,18-,20-/m0/s1. The van der Waals surface area contributed by atoms with E-state index in [2.05, 4.69) is 19.9 Å². The molecular weight excluding hydrogens is 304 g/mol. The van der Waals surface area contributed by atoms with Crippen LogP contribution in [0, 0.1) is 0 Å². The summed E-state index contributed by atoms with van der Waals surface area (Å²) in [7, 11) is 0. The summed E-state index contributed by atoms with van der Waals surface area (Å²) in [6.07, 6.45) is 10.1. The van der Waals surface area contributed by atoms with Crippen LogP contribution in [-0.4, -0.2) is 30.1 Å². The van der Waals surface area contributed by atoms with E-state index in [0.717, 1.165) is 43.1 Å². The number of allylic oxidation sites excluding steroid dienone is 3. The van der Waals surface area contributed by atoms with Gasteiger partial charge in [0.2, 0.25) is 0 Å². The lowest BCUT2D eigenvalue weighted by Crippen LogP contribution is -2.12. The molecule has 2 heterocycles. The smallest absolute Gasteiger partial charge is 0.334 e. The van der Waals surface area contributed by atoms with Crippen LogP contribution in [-0.2, 0) is 19.1 Å². The average Bonchev–Trinajstić information content (AvgIpc) is 3.12. The third-order valence-electron chi connectivity index (χ3n) is 5.52. The van der Waals surface area contributed by atoms with Crippen molar-refractivity contribution in [3.05, 3.63) is 34.4 Å². The van der Waals surface area contributed by atoms with Crippen molar-refractivity contribution >= 4 is 12.3 Å². The molecule has 0 N–H and O–H groups in total. The van der Waals surface area contributed by atoms with Gasteiger partial charge in [0.05, 0.1) is 11.7 Å². The van der Waals surface area contributed by atoms with E-state index in [1.54, 1.807) is 0 Å². The van der Waals surface area contributed by atoms with Crippen LogP contribution in [0.3, 0.4) is 0 Å². The Labute approximate surface area is 143 Å². The zero-order chi connectivity index (χ0) is 17.3. The summed E-state index contributed by atoms with van der Waals surface area (Å²) in [6, 6.07) is 0. The Bertz CT molecular complexity index is 640. The molecule has 0 unspecified atom stereocenters. The number of carbonyl (C=O) groups excluding carboxylic acids is 2. The second-order valence-corrected chi connectivity index (χ2v) is 7.38. The number of hydrogen-bond acceptors (Lipinski definition) is 4. The predicted octanol–water partition coefficient (Wildman–Crippen LogP) is 3.81. The van der Waals surface area contributed by atoms with E-state index in [4.69, 9.17) is 9.47 Å². The van der Waals surface area contributed by atoms with Crippen molar-refractivity contribution in [2.24, 2.45) is 0 Å². The van der Waals surface area contributed by atoms with Crippen molar-refractivity contribution in [2.75, 3.05) is 0 Å². The highest BCUT2D eigenvalue weighted by Crippen LogP contribution is 2.43. The average molecular weight is 330 g/mol. The van der Waals surface area contributed by atoms with E-state index in [1.807, 2.05) is 13.0 Å². The summed E-state index contributed by atoms with van der Waals surface area (Å²) in [5.74, 6) is -0.238. The number of ether oxygens (including phenoxy) is 2. The monoisotopic (exact) mass is 330 g/mol. The van der Waals surface area contributed by atoms with E-state index in [9.17, 15) is 9.59 Å². The SMILES string of the molecule is CC1=C[C@@H]2OC(=O)C(C)=C2CCC(C=O)=CCC[C@]2(C)O[C@H]2CC1. The number of hydrogen-bond donors (Lipinski definition) is 0. The van der Waals surface area contributed by atoms with Crippen molar-refractivity contribution in [3.63, 3.8) is 0 Å². The van der Waals surface area contributed by atoms with Gasteiger partial charge in [0.1, 0.15) is 12.4 Å². The molecule has 3 rings (SSSR count). The van der Waals surface area contributed by atoms with Crippen LogP contribution in [0.4, 0.5) is 0 Å². The van der Waals surface area contributed by atoms with Gasteiger partial charge in [-0.3, -0.25) is 4.79 Å². The van der Waals surface area contributed by atoms with Gasteiger partial charge in [0.15, 0.2) is 0 Å². The van der Waals surface area contributed by atoms with Crippen molar-refractivity contribution in [1.29, 1.82) is 0 Å². The molecule has 3 aliphatic rings. The highest BCUT2D eigenvalue weighted by Gasteiger charge is 2.50. The zero-order valence-electron chi connectivity index (χ0n) is 14.8. The van der Waals surface area contributed by atoms with Crippen molar-refractivity contribution < 1.29 is 19.1 Å². The predicted molar refractivity (Wildman–Crippen MR) is 91.5 cm³/mol. The Morgan fingerprint density at radius 2 is 2.04 bits per heavy atom. The van der Waals surface area contributed by atoms with Crippen molar-refractivity contribution in [2.45, 2.75) is 77.1 Å². The molecule has 0 bridgehead atoms. The summed E-state index contributed by atoms with van der Waals surface area (Å²) < 4.78 is 11.4. The molecule has 130 valence electrons. The fourth-order valence-electron chi connectivity index (χ4n) is 3.69. The second kappa shape index (κ2) is 6.67. The molecule has 24 heavy (non-hydrogen) atoms. The number of carbonyl (C=O) groups is 2. The number of esters is 1. The quantitative estimate of drug-likeness (QED) is 0.317. The molecule has 0 radical (unpaired) electrons. The van der Waals surface area contributed by atoms with Gasteiger partial charge in [0.25, 0.3) is 0 Å². The topological polar surface area (TPSA) is 55.9 Å². The maximum Gasteiger partial charge on any atom is 0.334 e. The molecule has 0 aromatic heterocycles. The number of fused-ring (bicyclic) bond motifs is 2. The van der Waals surface area contributed by atoms with Crippen LogP contribution in [0.1, 0.15) is 59.3 Å². The van der Waals surface area contributed by atoms with Gasteiger partial charge in [-0.25, -0.2) is 4.79 Å². The second-order valence-electron chi connectivity index (χ2n) is 7.38. The zero-order valence-corrected chi connectivity index (χ0v) is 14.8. The van der Waals surface area contributed by atoms with E-state index in [-0.39, 0.29) is 17.7 Å². The summed E-state index contributed by atoms with van der Waals surface area (Å²) in [6.45, 7) is 6.05. The van der Waals surface area contributed by atoms with Crippen LogP contribution >= 0.6 is 0 Å². The lowest BCUT2D eigenvalue weighted by atomic mass is 9.92. The van der Waals surface area contributed by atoms with Crippen LogP contribution in [0.15, 0.2) is 34.4 Å². The first-order chi connectivity index (χ1) is 11.4. The maximum absolute atomic E-state index is 11.9. The molecule has 0 spiro atoms. The molecule has 0 aromatic carbocycles. The Morgan fingerprint density at radius 3 is 2.79 bits per heavy atom. The van der Waals surface area contributed by atoms with Gasteiger partial charge in [-0.15, -0.1) is 0 Å². The highest BCUT2D eigenvalue weighted by molar-refractivity contribution is 5.92. The number of aldehydes is 1. The van der Waals surface area contributed by atoms with Crippen molar-refractivity contribution in [3.8, 4) is 0 Å². The Balaban J connectivity index is 1.83. The molecule has 1 saturated heterocycles. The fraction of sp³-hybridized carbons (Fsp3) is 0.600. The minimum Gasteiger partial charge on any atom is -0.450 e. The van der Waals surface area contributed by atoms with Gasteiger partial charge < -0.3 is 9.47 Å². The molecule has 1 aliphatic carbocycles. The van der Waals surface area contributed by atoms with Crippen LogP contribution < -0.4 is 0 Å². The Kier molecular flexibility index (Phi) is 4.77. The molecule has 2 aliphatic heterocycles. The van der Waals surface area contributed by atoms with E-state index < -0.39 is 0 Å². The first-order valence-corrected chi connectivity index (χ1v) is 8.83. The van der Waals surface area contributed by atoms with Gasteiger partial charge in [0, 0.05) is 5.57 Å². The minimum absolute atomic E-state index is 0.0453. The number of epoxide rings is 1. The lowest BCUT2D eigenvalue weighted by molar-refractivity contribution is -0.138. The summed E-state index contributed by atoms with van der Waals surface area (Å²) in [4.78, 5) is 23.3. The van der Waals surface area contributed by atoms with Gasteiger partial charge in [-0.1, -0.05) is 11.6 Å². The summed E-state index contributed by atoms with van der Waals surface area (Å²) in [5.41, 5.74) is 3.68. The van der Waals surface area contributed by atoms with Crippen LogP contribution in [0.5, 0.6) is 0 Å². The first-order valence-electron chi connectivity index (χ1n) is 8.83. The summed E-state index contributed by atoms with van der Waals surface area (Å²) in [5, 5.41) is 0. The van der Waals surface area contributed by atoms with E-state index in [0.29, 0.717) is 24.5 Å². The van der Waals surface area contributed by atoms with Crippen LogP contribution in [0.25, 0.3) is 0 Å². The largest absolute Gasteiger partial charge is 0.450 e. The summed E-state index contributed by atoms with van der Waals surface area (Å²) >= 11 is 0. The van der Waals surface area contributed by atoms with E-state index in [1.165, 1.54) is 5.57 Å². The Hall–Kier alpha value is -1.68. The van der Waals surface area contributed by atoms with Crippen LogP contribution in [0.2, 0.25) is 0 Å². The minimum atomic E-state index is -0.278. The highest BCUT2D eigenvalue weighted by atomic mass is 16.6. The maximum atomic E-state index is 11.9. The first kappa shape index (κ1) is 17.2. The molecule has 1 fully saturated rings. The molecule has 4 heteroatoms. The van der Waals surface area contributed by atoms with Crippen molar-refractivity contribution in [1.82, 2.24) is 0 Å². The molecule has 0 amide bonds. The lowest BCUT2D eigenvalue weighted by Gasteiger charge is -2.13. The molecule has 0 aromatic rings. The van der Waals surface area contributed by atoms with E-state index >= 15 is 0 Å². The fourth-order valence-corrected chi connectivity index (χ4v) is 3.69. The normalized spacial score (nSPS) is 34.4. The van der Waals surface area contributed by atoms with Gasteiger partial charge >= 0.3 is 5.97 Å². The molecule has 3 atom stereocenters. The molecule has 4 nitrogen and oxygen atoms in total. The third-order valence-corrected chi connectivity index (χ3v) is 5.52. The van der Waals surface area contributed by atoms with Gasteiger partial charge in [-0.05, 0) is 76.5 Å². The third kappa shape index (κ3) is 3.54. The Morgan fingerprint density at radius 1 is 1.25 bits per heavy atom. The molecule has 0 saturated carbocycles.